The van der Waals surface area contributed by atoms with E-state index in [-0.39, 0.29) is 29.7 Å². The Morgan fingerprint density at radius 1 is 1.27 bits per heavy atom. The van der Waals surface area contributed by atoms with Crippen molar-refractivity contribution in [1.29, 1.82) is 0 Å². The summed E-state index contributed by atoms with van der Waals surface area (Å²) in [5.41, 5.74) is -0.458. The first kappa shape index (κ1) is 20.4. The molecule has 0 saturated carbocycles. The lowest BCUT2D eigenvalue weighted by atomic mass is 9.72. The normalized spacial score (nSPS) is 27.7. The smallest absolute Gasteiger partial charge is 0.334 e. The summed E-state index contributed by atoms with van der Waals surface area (Å²) >= 11 is 6.24. The highest BCUT2D eigenvalue weighted by atomic mass is 35.5. The molecule has 0 bridgehead atoms. The summed E-state index contributed by atoms with van der Waals surface area (Å²) in [5.74, 6) is -2.48. The molecule has 0 spiro atoms. The second-order valence-corrected chi connectivity index (χ2v) is 8.40. The van der Waals surface area contributed by atoms with Crippen molar-refractivity contribution in [2.45, 2.75) is 17.9 Å². The van der Waals surface area contributed by atoms with Gasteiger partial charge in [-0.05, 0) is 24.3 Å². The third-order valence-electron chi connectivity index (χ3n) is 6.12. The first-order chi connectivity index (χ1) is 14.1. The molecule has 1 fully saturated rings. The van der Waals surface area contributed by atoms with E-state index in [2.05, 4.69) is 0 Å². The molecule has 30 heavy (non-hydrogen) atoms. The molecule has 2 heterocycles. The van der Waals surface area contributed by atoms with Crippen molar-refractivity contribution in [3.05, 3.63) is 70.4 Å². The third kappa shape index (κ3) is 3.25. The molecular formula is C22H20ClNO6. The van der Waals surface area contributed by atoms with Crippen LogP contribution in [0.1, 0.15) is 23.5 Å². The monoisotopic (exact) mass is 429 g/mol. The first-order valence-corrected chi connectivity index (χ1v) is 9.82. The number of nitrogens with zero attached hydrogens (tertiary/aromatic N) is 1. The van der Waals surface area contributed by atoms with Crippen LogP contribution in [0, 0.1) is 0 Å². The number of para-hydroxylation sites is 1. The lowest BCUT2D eigenvalue weighted by Gasteiger charge is -2.49. The predicted octanol–water partition coefficient (Wildman–Crippen LogP) is 1.99. The number of quaternary nitrogens is 1. The number of fused-ring (bicyclic) bond motifs is 5. The summed E-state index contributed by atoms with van der Waals surface area (Å²) in [7, 11) is 1.63. The fourth-order valence-corrected chi connectivity index (χ4v) is 4.78. The summed E-state index contributed by atoms with van der Waals surface area (Å²) in [6, 6.07) is 12.3. The fourth-order valence-electron chi connectivity index (χ4n) is 4.60. The summed E-state index contributed by atoms with van der Waals surface area (Å²) in [6.07, 6.45) is 0.852. The third-order valence-corrected chi connectivity index (χ3v) is 6.36. The number of likely N-dealkylation sites (tertiary alicyclic amines) is 1. The van der Waals surface area contributed by atoms with E-state index < -0.39 is 23.5 Å². The van der Waals surface area contributed by atoms with Crippen molar-refractivity contribution in [2.75, 3.05) is 20.1 Å². The second kappa shape index (κ2) is 7.12. The van der Waals surface area contributed by atoms with Crippen LogP contribution in [-0.2, 0) is 15.2 Å². The average molecular weight is 430 g/mol. The number of carboxylic acid groups (broad SMARTS) is 2. The Labute approximate surface area is 178 Å². The number of piperidine rings is 1. The highest BCUT2D eigenvalue weighted by Crippen LogP contribution is 2.54. The second-order valence-electron chi connectivity index (χ2n) is 7.96. The molecule has 2 N–H and O–H groups in total. The van der Waals surface area contributed by atoms with Gasteiger partial charge in [-0.25, -0.2) is 4.79 Å². The topological polar surface area (TPSA) is 107 Å². The van der Waals surface area contributed by atoms with Crippen LogP contribution in [0.5, 0.6) is 11.5 Å². The number of rotatable bonds is 3. The van der Waals surface area contributed by atoms with Gasteiger partial charge in [0.05, 0.1) is 32.1 Å². The van der Waals surface area contributed by atoms with Crippen LogP contribution in [0.2, 0.25) is 5.02 Å². The Morgan fingerprint density at radius 3 is 2.70 bits per heavy atom. The molecule has 0 aromatic heterocycles. The molecule has 7 nitrogen and oxygen atoms in total. The van der Waals surface area contributed by atoms with Gasteiger partial charge >= 0.3 is 5.97 Å². The minimum Gasteiger partial charge on any atom is -0.540 e. The van der Waals surface area contributed by atoms with Crippen LogP contribution >= 0.6 is 11.6 Å². The average Bonchev–Trinajstić information content (AvgIpc) is 2.79. The molecule has 156 valence electrons. The van der Waals surface area contributed by atoms with Crippen LogP contribution in [0.4, 0.5) is 0 Å². The number of hydrogen-bond acceptors (Lipinski definition) is 5. The number of carbonyl (C=O) groups excluding carboxylic acids is 1. The Morgan fingerprint density at radius 2 is 2.00 bits per heavy atom. The van der Waals surface area contributed by atoms with Gasteiger partial charge in [0, 0.05) is 22.6 Å². The molecule has 0 aliphatic carbocycles. The van der Waals surface area contributed by atoms with Crippen LogP contribution < -0.4 is 9.84 Å². The van der Waals surface area contributed by atoms with E-state index in [1.54, 1.807) is 43.4 Å². The molecule has 2 aromatic rings. The van der Waals surface area contributed by atoms with E-state index in [0.717, 1.165) is 0 Å². The molecule has 4 rings (SSSR count). The fraction of sp³-hybridized carbons (Fsp3) is 0.273. The van der Waals surface area contributed by atoms with E-state index in [9.17, 15) is 19.8 Å². The molecule has 3 atom stereocenters. The maximum atomic E-state index is 11.9. The van der Waals surface area contributed by atoms with Crippen LogP contribution in [0.15, 0.2) is 54.2 Å². The maximum Gasteiger partial charge on any atom is 0.334 e. The number of hydrogen-bond donors (Lipinski definition) is 2. The van der Waals surface area contributed by atoms with Gasteiger partial charge in [0.25, 0.3) is 0 Å². The number of carbonyl (C=O) groups is 2. The minimum absolute atomic E-state index is 0.120. The number of ether oxygens (including phenoxy) is 1. The summed E-state index contributed by atoms with van der Waals surface area (Å²) < 4.78 is 5.88. The van der Waals surface area contributed by atoms with Crippen molar-refractivity contribution in [2.24, 2.45) is 0 Å². The molecule has 1 saturated heterocycles. The van der Waals surface area contributed by atoms with Gasteiger partial charge in [-0.3, -0.25) is 4.48 Å². The molecule has 0 amide bonds. The number of likely N-dealkylation sites (N-methyl/N-ethyl adjacent to an activating group) is 1. The Kier molecular flexibility index (Phi) is 4.85. The lowest BCUT2D eigenvalue weighted by molar-refractivity contribution is -0.879. The Hall–Kier alpha value is -2.87. The van der Waals surface area contributed by atoms with Crippen molar-refractivity contribution < 1.29 is 34.1 Å². The molecule has 2 aliphatic rings. The summed E-state index contributed by atoms with van der Waals surface area (Å²) in [5, 5.41) is 33.3. The van der Waals surface area contributed by atoms with Gasteiger partial charge in [-0.2, -0.15) is 0 Å². The molecule has 0 radical (unpaired) electrons. The van der Waals surface area contributed by atoms with Gasteiger partial charge < -0.3 is 24.9 Å². The van der Waals surface area contributed by atoms with Crippen LogP contribution in [0.3, 0.4) is 0 Å². The Bertz CT molecular complexity index is 1080. The molecule has 2 aromatic carbocycles. The standard InChI is InChI=1S/C22H20ClNO6/c1-24(17(21(27)28)11-20(25)26)9-8-22(29)15-4-2-3-5-19(15)30-18-7-6-13(23)10-14(18)16(22)12-24/h2-7,10-11,16,29H,8-9,12H2,1H3,(H-,25,26,27,28)/b17-11-/t16-,22-,24-/m1/s1. The highest BCUT2D eigenvalue weighted by Gasteiger charge is 2.53. The van der Waals surface area contributed by atoms with Gasteiger partial charge in [0.2, 0.25) is 0 Å². The largest absolute Gasteiger partial charge is 0.540 e. The van der Waals surface area contributed by atoms with E-state index in [4.69, 9.17) is 21.4 Å². The number of benzene rings is 2. The molecule has 0 unspecified atom stereocenters. The highest BCUT2D eigenvalue weighted by molar-refractivity contribution is 6.30. The van der Waals surface area contributed by atoms with Gasteiger partial charge in [-0.15, -0.1) is 0 Å². The molecular weight excluding hydrogens is 410 g/mol. The number of aliphatic hydroxyl groups is 1. The predicted molar refractivity (Wildman–Crippen MR) is 106 cm³/mol. The number of carboxylic acids is 2. The number of aliphatic carboxylic acids is 2. The SMILES string of the molecule is C[N@@+]1(/C(=C\C(=O)O)C(=O)[O-])CC[C@@]2(O)c3ccccc3Oc3ccc(Cl)cc3[C@H]2C1. The zero-order valence-corrected chi connectivity index (χ0v) is 16.9. The van der Waals surface area contributed by atoms with E-state index in [1.807, 2.05) is 6.07 Å². The lowest BCUT2D eigenvalue weighted by Crippen LogP contribution is -2.59. The zero-order valence-electron chi connectivity index (χ0n) is 16.2. The first-order valence-electron chi connectivity index (χ1n) is 9.44. The minimum atomic E-state index is -1.55. The van der Waals surface area contributed by atoms with Crippen LogP contribution in [0.25, 0.3) is 0 Å². The van der Waals surface area contributed by atoms with Gasteiger partial charge in [-0.1, -0.05) is 29.8 Å². The summed E-state index contributed by atoms with van der Waals surface area (Å²) in [6.45, 7) is 0.318. The van der Waals surface area contributed by atoms with Crippen molar-refractivity contribution >= 4 is 23.5 Å². The van der Waals surface area contributed by atoms with Gasteiger partial charge in [0.1, 0.15) is 23.1 Å². The molecule has 8 heteroatoms. The van der Waals surface area contributed by atoms with E-state index in [1.165, 1.54) is 0 Å². The van der Waals surface area contributed by atoms with Crippen molar-refractivity contribution in [3.8, 4) is 11.5 Å². The van der Waals surface area contributed by atoms with E-state index >= 15 is 0 Å². The van der Waals surface area contributed by atoms with Crippen LogP contribution in [-0.4, -0.2) is 46.8 Å². The number of halogens is 1. The molecule has 2 aliphatic heterocycles. The van der Waals surface area contributed by atoms with Crippen molar-refractivity contribution in [1.82, 2.24) is 0 Å². The van der Waals surface area contributed by atoms with E-state index in [0.29, 0.717) is 33.7 Å². The Balaban J connectivity index is 1.91. The summed E-state index contributed by atoms with van der Waals surface area (Å²) in [4.78, 5) is 23.0. The van der Waals surface area contributed by atoms with Gasteiger partial charge in [0.15, 0.2) is 5.70 Å². The quantitative estimate of drug-likeness (QED) is 0.570. The van der Waals surface area contributed by atoms with Crippen molar-refractivity contribution in [3.63, 3.8) is 0 Å². The maximum absolute atomic E-state index is 11.9. The zero-order chi connectivity index (χ0) is 21.7.